The molecule has 0 bridgehead atoms. The molecule has 0 N–H and O–H groups in total. The molecular weight excluding hydrogens is 491 g/mol. The van der Waals surface area contributed by atoms with Gasteiger partial charge in [-0.2, -0.15) is 0 Å². The number of hydrogen-bond acceptors (Lipinski definition) is 2. The number of hydrogen-bond donors (Lipinski definition) is 0. The molecular formula is C29H28BrO2P. The van der Waals surface area contributed by atoms with Crippen molar-refractivity contribution in [2.45, 2.75) is 12.2 Å². The molecule has 1 fully saturated rings. The monoisotopic (exact) mass is 518 g/mol. The second kappa shape index (κ2) is 9.16. The van der Waals surface area contributed by atoms with Crippen molar-refractivity contribution in [3.05, 3.63) is 127 Å². The van der Waals surface area contributed by atoms with E-state index >= 15 is 0 Å². The number of ether oxygens (including phenoxy) is 2. The molecule has 0 radical (unpaired) electrons. The molecule has 0 aromatic heterocycles. The molecule has 1 heterocycles. The van der Waals surface area contributed by atoms with Crippen molar-refractivity contribution in [3.8, 4) is 0 Å². The van der Waals surface area contributed by atoms with Gasteiger partial charge < -0.3 is 0 Å². The van der Waals surface area contributed by atoms with Gasteiger partial charge in [0.2, 0.25) is 0 Å². The van der Waals surface area contributed by atoms with E-state index in [9.17, 15) is 0 Å². The van der Waals surface area contributed by atoms with Crippen molar-refractivity contribution < 1.29 is 9.47 Å². The molecule has 1 saturated heterocycles. The Morgan fingerprint density at radius 3 is 1.33 bits per heavy atom. The summed E-state index contributed by atoms with van der Waals surface area (Å²) in [5.41, 5.74) is 1.08. The molecule has 168 valence electrons. The summed E-state index contributed by atoms with van der Waals surface area (Å²) in [5.74, 6) is -0.740. The first-order valence-corrected chi connectivity index (χ1v) is 15.8. The molecule has 4 heteroatoms. The van der Waals surface area contributed by atoms with Crippen LogP contribution < -0.4 is 15.9 Å². The molecule has 33 heavy (non-hydrogen) atoms. The summed E-state index contributed by atoms with van der Waals surface area (Å²) in [7, 11) is 0. The molecule has 0 aliphatic carbocycles. The predicted octanol–water partition coefficient (Wildman–Crippen LogP) is 6.12. The van der Waals surface area contributed by atoms with Crippen molar-refractivity contribution in [2.24, 2.45) is 0 Å². The Labute approximate surface area is 204 Å². The van der Waals surface area contributed by atoms with Gasteiger partial charge in [0.15, 0.2) is 0 Å². The van der Waals surface area contributed by atoms with Gasteiger partial charge in [0, 0.05) is 0 Å². The van der Waals surface area contributed by atoms with Gasteiger partial charge in [-0.25, -0.2) is 0 Å². The van der Waals surface area contributed by atoms with Crippen LogP contribution in [-0.4, -0.2) is 19.4 Å². The molecule has 1 aliphatic rings. The third kappa shape index (κ3) is 3.88. The third-order valence-corrected chi connectivity index (χ3v) is 16.6. The van der Waals surface area contributed by atoms with Crippen molar-refractivity contribution in [2.75, 3.05) is 19.4 Å². The van der Waals surface area contributed by atoms with Crippen LogP contribution in [0, 0.1) is 0 Å². The Morgan fingerprint density at radius 2 is 0.939 bits per heavy atom. The van der Waals surface area contributed by atoms with Gasteiger partial charge in [0.05, 0.1) is 0 Å². The molecule has 0 atom stereocenters. The summed E-state index contributed by atoms with van der Waals surface area (Å²) < 4.78 is 12.7. The van der Waals surface area contributed by atoms with E-state index in [1.165, 1.54) is 15.9 Å². The van der Waals surface area contributed by atoms with Gasteiger partial charge in [0.1, 0.15) is 0 Å². The van der Waals surface area contributed by atoms with Crippen LogP contribution in [0.5, 0.6) is 0 Å². The van der Waals surface area contributed by atoms with Crippen molar-refractivity contribution in [1.29, 1.82) is 0 Å². The zero-order valence-electron chi connectivity index (χ0n) is 18.5. The molecule has 4 aromatic rings. The van der Waals surface area contributed by atoms with E-state index in [1.54, 1.807) is 0 Å². The fourth-order valence-corrected chi connectivity index (χ4v) is 12.4. The maximum absolute atomic E-state index is 6.35. The van der Waals surface area contributed by atoms with Crippen LogP contribution in [0.15, 0.2) is 121 Å². The van der Waals surface area contributed by atoms with Gasteiger partial charge in [-0.3, -0.25) is 0 Å². The molecule has 0 spiro atoms. The topological polar surface area (TPSA) is 18.5 Å². The van der Waals surface area contributed by atoms with E-state index in [0.29, 0.717) is 13.2 Å². The number of rotatable bonds is 7. The van der Waals surface area contributed by atoms with Crippen molar-refractivity contribution in [3.63, 3.8) is 0 Å². The summed E-state index contributed by atoms with van der Waals surface area (Å²) in [5, 5.41) is 0.884. The van der Waals surface area contributed by atoms with Crippen LogP contribution in [0.1, 0.15) is 12.0 Å². The third-order valence-electron chi connectivity index (χ3n) is 6.71. The van der Waals surface area contributed by atoms with E-state index < -0.39 is 11.1 Å². The van der Waals surface area contributed by atoms with Crippen molar-refractivity contribution in [1.82, 2.24) is 0 Å². The van der Waals surface area contributed by atoms with E-state index in [0.717, 1.165) is 18.1 Å². The van der Waals surface area contributed by atoms with Gasteiger partial charge in [-0.15, -0.1) is 0 Å². The Morgan fingerprint density at radius 1 is 0.576 bits per heavy atom. The van der Waals surface area contributed by atoms with Gasteiger partial charge in [-0.05, 0) is 0 Å². The first kappa shape index (κ1) is 22.5. The molecule has 1 aliphatic heterocycles. The van der Waals surface area contributed by atoms with E-state index in [1.807, 2.05) is 6.07 Å². The summed E-state index contributed by atoms with van der Waals surface area (Å²) in [6, 6.07) is 43.0. The van der Waals surface area contributed by atoms with Crippen LogP contribution in [0.25, 0.3) is 0 Å². The van der Waals surface area contributed by atoms with Crippen LogP contribution >= 0.6 is 20.8 Å². The second-order valence-corrected chi connectivity index (χ2v) is 17.5. The average Bonchev–Trinajstić information content (AvgIpc) is 3.40. The van der Waals surface area contributed by atoms with Gasteiger partial charge >= 0.3 is 205 Å². The Balaban J connectivity index is 1.71. The molecule has 0 amide bonds. The fourth-order valence-electron chi connectivity index (χ4n) is 5.01. The summed E-state index contributed by atoms with van der Waals surface area (Å²) in [6.45, 7) is 1.21. The first-order chi connectivity index (χ1) is 16.2. The van der Waals surface area contributed by atoms with Crippen molar-refractivity contribution >= 4 is 36.7 Å². The molecule has 0 unspecified atom stereocenters. The van der Waals surface area contributed by atoms with Crippen LogP contribution in [-0.2, 0) is 15.3 Å². The maximum atomic E-state index is 6.35. The quantitative estimate of drug-likeness (QED) is 0.274. The minimum absolute atomic E-state index is 0.606. The average molecular weight is 519 g/mol. The van der Waals surface area contributed by atoms with Gasteiger partial charge in [0.25, 0.3) is 0 Å². The van der Waals surface area contributed by atoms with E-state index in [2.05, 4.69) is 131 Å². The standard InChI is InChI=1S/C29H28BrO2P/c30-33(26-15-7-2-8-16-26,27-17-9-3-10-18-27,28-19-11-4-12-20-28)24-21-29(31-22-23-32-29)25-13-5-1-6-14-25/h1-20H,21-24H2. The molecule has 2 nitrogen and oxygen atoms in total. The molecule has 4 aromatic carbocycles. The van der Waals surface area contributed by atoms with E-state index in [4.69, 9.17) is 9.47 Å². The number of halogens is 1. The predicted molar refractivity (Wildman–Crippen MR) is 144 cm³/mol. The Hall–Kier alpha value is -2.29. The zero-order chi connectivity index (χ0) is 22.6. The van der Waals surface area contributed by atoms with E-state index in [-0.39, 0.29) is 0 Å². The number of benzene rings is 4. The Bertz CT molecular complexity index is 1080. The SMILES string of the molecule is BrP(CCC1(c2ccccc2)OCCO1)(c1ccccc1)(c1ccccc1)c1ccccc1. The second-order valence-electron chi connectivity index (χ2n) is 8.48. The molecule has 0 saturated carbocycles. The summed E-state index contributed by atoms with van der Waals surface area (Å²) in [6.07, 6.45) is 1.59. The van der Waals surface area contributed by atoms with Crippen LogP contribution in [0.2, 0.25) is 0 Å². The Kier molecular flexibility index (Phi) is 6.24. The fraction of sp³-hybridized carbons (Fsp3) is 0.172. The van der Waals surface area contributed by atoms with Crippen LogP contribution in [0.3, 0.4) is 0 Å². The normalized spacial score (nSPS) is 16.7. The summed E-state index contributed by atoms with van der Waals surface area (Å²) >= 11 is 4.54. The zero-order valence-corrected chi connectivity index (χ0v) is 21.0. The van der Waals surface area contributed by atoms with Crippen LogP contribution in [0.4, 0.5) is 0 Å². The minimum atomic E-state index is -3.04. The van der Waals surface area contributed by atoms with Gasteiger partial charge in [-0.1, -0.05) is 0 Å². The first-order valence-electron chi connectivity index (χ1n) is 11.4. The summed E-state index contributed by atoms with van der Waals surface area (Å²) in [4.78, 5) is 0. The molecule has 5 rings (SSSR count).